The average Bonchev–Trinajstić information content (AvgIpc) is 3.01. The molecule has 0 aliphatic carbocycles. The molecule has 0 fully saturated rings. The van der Waals surface area contributed by atoms with Crippen LogP contribution in [0.4, 0.5) is 0 Å². The van der Waals surface area contributed by atoms with Crippen LogP contribution >= 0.6 is 11.3 Å². The molecule has 0 radical (unpaired) electrons. The van der Waals surface area contributed by atoms with Crippen molar-refractivity contribution in [2.45, 2.75) is 26.8 Å². The Labute approximate surface area is 123 Å². The minimum atomic E-state index is 0.138. The Balaban J connectivity index is 2.07. The predicted octanol–water partition coefficient (Wildman–Crippen LogP) is 4.81. The number of rotatable bonds is 4. The Morgan fingerprint density at radius 2 is 2.05 bits per heavy atom. The highest BCUT2D eigenvalue weighted by Crippen LogP contribution is 2.32. The van der Waals surface area contributed by atoms with Crippen molar-refractivity contribution in [3.63, 3.8) is 0 Å². The van der Waals surface area contributed by atoms with E-state index in [2.05, 4.69) is 61.8 Å². The number of hydrogen-bond acceptors (Lipinski definition) is 3. The molecule has 0 aliphatic rings. The van der Waals surface area contributed by atoms with Crippen molar-refractivity contribution in [3.8, 4) is 0 Å². The van der Waals surface area contributed by atoms with Crippen LogP contribution in [0.3, 0.4) is 0 Å². The number of fused-ring (bicyclic) bond motifs is 1. The summed E-state index contributed by atoms with van der Waals surface area (Å²) in [7, 11) is 0. The molecule has 104 valence electrons. The highest BCUT2D eigenvalue weighted by molar-refractivity contribution is 7.10. The van der Waals surface area contributed by atoms with Crippen LogP contribution in [0, 0.1) is 13.8 Å². The van der Waals surface area contributed by atoms with Gasteiger partial charge in [0.2, 0.25) is 0 Å². The van der Waals surface area contributed by atoms with E-state index >= 15 is 0 Å². The Bertz CT molecular complexity index is 726. The molecule has 1 atom stereocenters. The van der Waals surface area contributed by atoms with Gasteiger partial charge in [0, 0.05) is 10.3 Å². The lowest BCUT2D eigenvalue weighted by atomic mass is 10.1. The minimum absolute atomic E-state index is 0.138. The number of aryl methyl sites for hydroxylation is 2. The smallest absolute Gasteiger partial charge is 0.134 e. The van der Waals surface area contributed by atoms with E-state index < -0.39 is 0 Å². The molecule has 0 bridgehead atoms. The molecule has 3 heteroatoms. The normalized spacial score (nSPS) is 12.9. The van der Waals surface area contributed by atoms with Gasteiger partial charge in [0.05, 0.1) is 6.04 Å². The first-order valence-electron chi connectivity index (χ1n) is 6.96. The van der Waals surface area contributed by atoms with E-state index in [-0.39, 0.29) is 6.04 Å². The zero-order valence-electron chi connectivity index (χ0n) is 12.1. The molecule has 20 heavy (non-hydrogen) atoms. The third kappa shape index (κ3) is 2.39. The fourth-order valence-corrected chi connectivity index (χ4v) is 3.33. The first kappa shape index (κ1) is 13.4. The van der Waals surface area contributed by atoms with E-state index in [1.165, 1.54) is 21.4 Å². The molecule has 3 aromatic rings. The SMILES string of the molecule is CCNC(c1cc2cc(C)ccc2o1)c1ccsc1C. The fraction of sp³-hybridized carbons (Fsp3) is 0.294. The monoisotopic (exact) mass is 285 g/mol. The number of nitrogens with one attached hydrogen (secondary N) is 1. The Morgan fingerprint density at radius 1 is 1.20 bits per heavy atom. The van der Waals surface area contributed by atoms with Crippen molar-refractivity contribution in [1.29, 1.82) is 0 Å². The van der Waals surface area contributed by atoms with E-state index in [1.807, 2.05) is 0 Å². The van der Waals surface area contributed by atoms with Gasteiger partial charge in [-0.15, -0.1) is 11.3 Å². The van der Waals surface area contributed by atoms with Gasteiger partial charge in [-0.3, -0.25) is 0 Å². The second-order valence-corrected chi connectivity index (χ2v) is 6.23. The predicted molar refractivity (Wildman–Crippen MR) is 85.5 cm³/mol. The highest BCUT2D eigenvalue weighted by atomic mass is 32.1. The van der Waals surface area contributed by atoms with Crippen LogP contribution in [-0.2, 0) is 0 Å². The van der Waals surface area contributed by atoms with Gasteiger partial charge < -0.3 is 9.73 Å². The van der Waals surface area contributed by atoms with Crippen molar-refractivity contribution >= 4 is 22.3 Å². The second kappa shape index (κ2) is 5.43. The summed E-state index contributed by atoms with van der Waals surface area (Å²) in [5.74, 6) is 0.994. The van der Waals surface area contributed by atoms with Gasteiger partial charge >= 0.3 is 0 Å². The number of benzene rings is 1. The van der Waals surface area contributed by atoms with E-state index in [9.17, 15) is 0 Å². The molecule has 0 aliphatic heterocycles. The summed E-state index contributed by atoms with van der Waals surface area (Å²) < 4.78 is 6.06. The molecule has 2 aromatic heterocycles. The summed E-state index contributed by atoms with van der Waals surface area (Å²) in [4.78, 5) is 1.34. The van der Waals surface area contributed by atoms with Crippen LogP contribution in [0.5, 0.6) is 0 Å². The molecule has 0 saturated carbocycles. The van der Waals surface area contributed by atoms with Crippen molar-refractivity contribution in [1.82, 2.24) is 5.32 Å². The van der Waals surface area contributed by atoms with E-state index in [0.717, 1.165) is 17.9 Å². The summed E-state index contributed by atoms with van der Waals surface area (Å²) in [6, 6.07) is 10.8. The Kier molecular flexibility index (Phi) is 3.64. The van der Waals surface area contributed by atoms with Crippen LogP contribution in [0.1, 0.15) is 34.7 Å². The van der Waals surface area contributed by atoms with Crippen LogP contribution < -0.4 is 5.32 Å². The first-order chi connectivity index (χ1) is 9.69. The molecule has 2 heterocycles. The quantitative estimate of drug-likeness (QED) is 0.744. The zero-order chi connectivity index (χ0) is 14.1. The molecule has 3 rings (SSSR count). The third-order valence-corrected chi connectivity index (χ3v) is 4.45. The largest absolute Gasteiger partial charge is 0.459 e. The third-order valence-electron chi connectivity index (χ3n) is 3.59. The topological polar surface area (TPSA) is 25.2 Å². The van der Waals surface area contributed by atoms with Gasteiger partial charge in [-0.05, 0) is 55.6 Å². The zero-order valence-corrected chi connectivity index (χ0v) is 12.9. The lowest BCUT2D eigenvalue weighted by molar-refractivity contribution is 0.477. The molecular formula is C17H19NOS. The highest BCUT2D eigenvalue weighted by Gasteiger charge is 2.20. The molecule has 1 unspecified atom stereocenters. The molecule has 1 N–H and O–H groups in total. The Hall–Kier alpha value is -1.58. The van der Waals surface area contributed by atoms with E-state index in [4.69, 9.17) is 4.42 Å². The minimum Gasteiger partial charge on any atom is -0.459 e. The lowest BCUT2D eigenvalue weighted by Gasteiger charge is -2.15. The maximum absolute atomic E-state index is 6.06. The van der Waals surface area contributed by atoms with Gasteiger partial charge in [-0.1, -0.05) is 18.6 Å². The summed E-state index contributed by atoms with van der Waals surface area (Å²) in [5, 5.41) is 6.85. The van der Waals surface area contributed by atoms with Crippen LogP contribution in [-0.4, -0.2) is 6.54 Å². The van der Waals surface area contributed by atoms with Gasteiger partial charge in [0.1, 0.15) is 11.3 Å². The van der Waals surface area contributed by atoms with Crippen molar-refractivity contribution in [2.24, 2.45) is 0 Å². The molecular weight excluding hydrogens is 266 g/mol. The second-order valence-electron chi connectivity index (χ2n) is 5.11. The average molecular weight is 285 g/mol. The number of thiophene rings is 1. The number of hydrogen-bond donors (Lipinski definition) is 1. The van der Waals surface area contributed by atoms with Gasteiger partial charge in [-0.25, -0.2) is 0 Å². The van der Waals surface area contributed by atoms with Crippen LogP contribution in [0.15, 0.2) is 40.1 Å². The van der Waals surface area contributed by atoms with Crippen molar-refractivity contribution < 1.29 is 4.42 Å². The van der Waals surface area contributed by atoms with Gasteiger partial charge in [-0.2, -0.15) is 0 Å². The maximum Gasteiger partial charge on any atom is 0.134 e. The first-order valence-corrected chi connectivity index (χ1v) is 7.84. The van der Waals surface area contributed by atoms with Crippen molar-refractivity contribution in [3.05, 3.63) is 57.5 Å². The van der Waals surface area contributed by atoms with Crippen LogP contribution in [0.2, 0.25) is 0 Å². The van der Waals surface area contributed by atoms with Crippen LogP contribution in [0.25, 0.3) is 11.0 Å². The molecule has 0 saturated heterocycles. The molecule has 0 amide bonds. The summed E-state index contributed by atoms with van der Waals surface area (Å²) in [6.07, 6.45) is 0. The Morgan fingerprint density at radius 3 is 2.75 bits per heavy atom. The van der Waals surface area contributed by atoms with Gasteiger partial charge in [0.25, 0.3) is 0 Å². The van der Waals surface area contributed by atoms with Crippen molar-refractivity contribution in [2.75, 3.05) is 6.54 Å². The maximum atomic E-state index is 6.06. The lowest BCUT2D eigenvalue weighted by Crippen LogP contribution is -2.21. The summed E-state index contributed by atoms with van der Waals surface area (Å²) >= 11 is 1.78. The summed E-state index contributed by atoms with van der Waals surface area (Å²) in [6.45, 7) is 7.31. The fourth-order valence-electron chi connectivity index (χ4n) is 2.59. The number of furan rings is 1. The van der Waals surface area contributed by atoms with Gasteiger partial charge in [0.15, 0.2) is 0 Å². The van der Waals surface area contributed by atoms with E-state index in [1.54, 1.807) is 11.3 Å². The van der Waals surface area contributed by atoms with E-state index in [0.29, 0.717) is 0 Å². The standard InChI is InChI=1S/C17H19NOS/c1-4-18-17(14-7-8-20-12(14)3)16-10-13-9-11(2)5-6-15(13)19-16/h5-10,17-18H,4H2,1-3H3. The molecule has 0 spiro atoms. The molecule has 2 nitrogen and oxygen atoms in total. The summed E-state index contributed by atoms with van der Waals surface area (Å²) in [5.41, 5.74) is 3.53. The molecule has 1 aromatic carbocycles.